The molecule has 0 radical (unpaired) electrons. The molecular weight excluding hydrogens is 677 g/mol. The van der Waals surface area contributed by atoms with Crippen LogP contribution >= 0.6 is 0 Å². The molecule has 16 heteroatoms. The number of likely N-dealkylation sites (N-methyl/N-ethyl adjacent to an activating group) is 1. The second-order valence-corrected chi connectivity index (χ2v) is 13.7. The molecule has 270 valence electrons. The molecule has 0 saturated carbocycles. The summed E-state index contributed by atoms with van der Waals surface area (Å²) in [6.45, 7) is 5.66. The quantitative estimate of drug-likeness (QED) is 0.0977. The number of aliphatic imine (C=N–C) groups is 1. The molecule has 4 N–H and O–H groups in total. The summed E-state index contributed by atoms with van der Waals surface area (Å²) in [6, 6.07) is 13.8. The molecule has 0 atom stereocenters. The predicted molar refractivity (Wildman–Crippen MR) is 195 cm³/mol. The highest BCUT2D eigenvalue weighted by Gasteiger charge is 2.26. The van der Waals surface area contributed by atoms with Crippen molar-refractivity contribution in [2.75, 3.05) is 63.6 Å². The Kier molecular flexibility index (Phi) is 11.7. The number of ether oxygens (including phenoxy) is 2. The number of amides is 2. The van der Waals surface area contributed by atoms with Gasteiger partial charge in [0.25, 0.3) is 16.1 Å². The van der Waals surface area contributed by atoms with Gasteiger partial charge in [0.15, 0.2) is 5.75 Å². The van der Waals surface area contributed by atoms with Gasteiger partial charge < -0.3 is 29.2 Å². The molecule has 1 saturated heterocycles. The van der Waals surface area contributed by atoms with E-state index in [0.29, 0.717) is 46.6 Å². The number of aryl methyl sites for hydroxylation is 1. The van der Waals surface area contributed by atoms with E-state index in [9.17, 15) is 22.8 Å². The Labute approximate surface area is 296 Å². The number of aromatic nitrogens is 2. The zero-order valence-electron chi connectivity index (χ0n) is 29.1. The largest absolute Gasteiger partial charge is 0.494 e. The summed E-state index contributed by atoms with van der Waals surface area (Å²) in [7, 11) is 0.955. The number of aromatic amines is 1. The van der Waals surface area contributed by atoms with Crippen molar-refractivity contribution in [3.05, 3.63) is 59.7 Å². The minimum atomic E-state index is -4.09. The van der Waals surface area contributed by atoms with Crippen molar-refractivity contribution in [2.45, 2.75) is 32.6 Å². The number of nitrogens with two attached hydrogens (primary N) is 1. The highest BCUT2D eigenvalue weighted by molar-refractivity contribution is 7.90. The average Bonchev–Trinajstić information content (AvgIpc) is 3.50. The smallest absolute Gasteiger partial charge is 0.298 e. The number of methoxy groups -OCH3 is 1. The number of para-hydroxylation sites is 1. The number of hydrogen-bond acceptors (Lipinski definition) is 10. The van der Waals surface area contributed by atoms with Gasteiger partial charge in [0.2, 0.25) is 17.9 Å². The Balaban J connectivity index is 1.33. The van der Waals surface area contributed by atoms with Gasteiger partial charge in [-0.05, 0) is 69.1 Å². The topological polar surface area (TPSA) is 193 Å². The summed E-state index contributed by atoms with van der Waals surface area (Å²) >= 11 is 0. The molecule has 0 unspecified atom stereocenters. The highest BCUT2D eigenvalue weighted by Crippen LogP contribution is 2.43. The lowest BCUT2D eigenvalue weighted by Gasteiger charge is -2.32. The van der Waals surface area contributed by atoms with Crippen LogP contribution in [0.2, 0.25) is 0 Å². The number of rotatable bonds is 14. The summed E-state index contributed by atoms with van der Waals surface area (Å²) in [6.07, 6.45) is 4.37. The fourth-order valence-corrected chi connectivity index (χ4v) is 6.37. The number of piperazine rings is 1. The van der Waals surface area contributed by atoms with Gasteiger partial charge in [-0.25, -0.2) is 19.6 Å². The molecule has 2 heterocycles. The Morgan fingerprint density at radius 2 is 1.84 bits per heavy atom. The van der Waals surface area contributed by atoms with Crippen LogP contribution in [0.25, 0.3) is 22.2 Å². The van der Waals surface area contributed by atoms with E-state index < -0.39 is 16.1 Å². The fraction of sp³-hybridized carbons (Fsp3) is 0.371. The van der Waals surface area contributed by atoms with Crippen LogP contribution < -0.4 is 24.2 Å². The first-order valence-electron chi connectivity index (χ1n) is 16.5. The molecule has 1 aliphatic rings. The maximum absolute atomic E-state index is 14.1. The minimum Gasteiger partial charge on any atom is -0.494 e. The average molecular weight is 719 g/mol. The Bertz CT molecular complexity index is 2070. The van der Waals surface area contributed by atoms with Crippen LogP contribution in [0, 0.1) is 6.92 Å². The van der Waals surface area contributed by atoms with E-state index >= 15 is 0 Å². The van der Waals surface area contributed by atoms with Gasteiger partial charge in [-0.15, -0.1) is 0 Å². The van der Waals surface area contributed by atoms with E-state index in [2.05, 4.69) is 31.6 Å². The zero-order valence-corrected chi connectivity index (χ0v) is 29.9. The van der Waals surface area contributed by atoms with Crippen LogP contribution in [0.15, 0.2) is 53.5 Å². The van der Waals surface area contributed by atoms with Crippen LogP contribution in [0.1, 0.15) is 41.6 Å². The molecule has 4 aromatic rings. The molecule has 0 aliphatic carbocycles. The molecule has 1 fully saturated rings. The maximum Gasteiger partial charge on any atom is 0.298 e. The molecular formula is C35H42N8O7S. The fourth-order valence-electron chi connectivity index (χ4n) is 6.01. The van der Waals surface area contributed by atoms with Crippen molar-refractivity contribution in [2.24, 2.45) is 10.1 Å². The number of unbranched alkanes of at least 4 members (excludes halogenated alkanes) is 2. The number of carbonyl (C=O) groups is 2. The van der Waals surface area contributed by atoms with E-state index in [1.807, 2.05) is 24.0 Å². The van der Waals surface area contributed by atoms with Crippen molar-refractivity contribution in [3.8, 4) is 22.6 Å². The summed E-state index contributed by atoms with van der Waals surface area (Å²) < 4.78 is 37.2. The van der Waals surface area contributed by atoms with Crippen molar-refractivity contribution >= 4 is 56.5 Å². The number of hydrogen-bond donors (Lipinski definition) is 3. The number of H-pyrrole nitrogens is 1. The van der Waals surface area contributed by atoms with Crippen LogP contribution in [-0.2, 0) is 19.8 Å². The molecule has 0 bridgehead atoms. The molecule has 1 aromatic heterocycles. The van der Waals surface area contributed by atoms with E-state index in [1.165, 1.54) is 24.2 Å². The second kappa shape index (κ2) is 16.2. The molecule has 3 aromatic carbocycles. The van der Waals surface area contributed by atoms with E-state index in [1.54, 1.807) is 37.4 Å². The Morgan fingerprint density at radius 1 is 1.08 bits per heavy atom. The first-order valence-corrected chi connectivity index (χ1v) is 18.0. The molecule has 15 nitrogen and oxygen atoms in total. The number of imidazole rings is 1. The van der Waals surface area contributed by atoms with Gasteiger partial charge in [-0.2, -0.15) is 13.4 Å². The lowest BCUT2D eigenvalue weighted by atomic mass is 9.98. The van der Waals surface area contributed by atoms with Crippen molar-refractivity contribution < 1.29 is 32.3 Å². The summed E-state index contributed by atoms with van der Waals surface area (Å²) in [4.78, 5) is 54.9. The number of isocyanates is 1. The number of benzene rings is 3. The SMILES string of the molecule is COc1c(-c2cccc3[nH]c(NS(N)(=O)=O)nc23)ccc(C(=O)N(C)c2ccc(C)cc2OCCCCCC(=O)N2CCN(C)CC2)c1N=C=O. The Hall–Kier alpha value is -5.28. The van der Waals surface area contributed by atoms with E-state index in [0.717, 1.165) is 51.0 Å². The standard InChI is InChI=1S/C35H42N8O7S/c1-23-12-15-28(29(21-23)50-20-7-5-6-11-30(45)43-18-16-41(2)17-19-43)42(3)34(46)26-14-13-25(33(49-4)32(26)37-22-44)24-9-8-10-27-31(24)39-35(38-27)40-51(36,47)48/h8-10,12-15,21H,5-7,11,16-20H2,1-4H3,(H2,36,47,48)(H2,38,39,40). The van der Waals surface area contributed by atoms with Crippen molar-refractivity contribution in [3.63, 3.8) is 0 Å². The lowest BCUT2D eigenvalue weighted by molar-refractivity contribution is -0.132. The third kappa shape index (κ3) is 8.91. The van der Waals surface area contributed by atoms with E-state index in [4.69, 9.17) is 14.6 Å². The number of nitrogens with one attached hydrogen (secondary N) is 2. The van der Waals surface area contributed by atoms with Crippen LogP contribution in [0.5, 0.6) is 11.5 Å². The molecule has 0 spiro atoms. The number of carbonyl (C=O) groups excluding carboxylic acids is 3. The second-order valence-electron chi connectivity index (χ2n) is 12.4. The number of fused-ring (bicyclic) bond motifs is 1. The number of nitrogens with zero attached hydrogens (tertiary/aromatic N) is 5. The van der Waals surface area contributed by atoms with Gasteiger partial charge in [0.1, 0.15) is 11.4 Å². The molecule has 2 amide bonds. The van der Waals surface area contributed by atoms with Gasteiger partial charge in [-0.1, -0.05) is 18.2 Å². The summed E-state index contributed by atoms with van der Waals surface area (Å²) in [5.41, 5.74) is 3.30. The minimum absolute atomic E-state index is 0.0435. The lowest BCUT2D eigenvalue weighted by Crippen LogP contribution is -2.47. The normalized spacial score (nSPS) is 13.5. The van der Waals surface area contributed by atoms with Crippen molar-refractivity contribution in [1.29, 1.82) is 0 Å². The zero-order chi connectivity index (χ0) is 36.7. The van der Waals surface area contributed by atoms with Crippen molar-refractivity contribution in [1.82, 2.24) is 19.8 Å². The first-order chi connectivity index (χ1) is 24.4. The molecule has 5 rings (SSSR count). The Morgan fingerprint density at radius 3 is 2.55 bits per heavy atom. The third-order valence-electron chi connectivity index (χ3n) is 8.70. The van der Waals surface area contributed by atoms with Gasteiger partial charge >= 0.3 is 0 Å². The van der Waals surface area contributed by atoms with Crippen LogP contribution in [0.4, 0.5) is 17.3 Å². The van der Waals surface area contributed by atoms with Gasteiger partial charge in [0, 0.05) is 50.8 Å². The van der Waals surface area contributed by atoms with E-state index in [-0.39, 0.29) is 28.9 Å². The first kappa shape index (κ1) is 37.0. The maximum atomic E-state index is 14.1. The van der Waals surface area contributed by atoms with Crippen LogP contribution in [0.3, 0.4) is 0 Å². The number of anilines is 2. The predicted octanol–water partition coefficient (Wildman–Crippen LogP) is 4.12. The highest BCUT2D eigenvalue weighted by atomic mass is 32.2. The summed E-state index contributed by atoms with van der Waals surface area (Å²) in [5.74, 6) is 0.240. The molecule has 1 aliphatic heterocycles. The van der Waals surface area contributed by atoms with Gasteiger partial charge in [0.05, 0.1) is 36.0 Å². The monoisotopic (exact) mass is 718 g/mol. The van der Waals surface area contributed by atoms with Gasteiger partial charge in [-0.3, -0.25) is 9.59 Å². The third-order valence-corrected chi connectivity index (χ3v) is 9.17. The van der Waals surface area contributed by atoms with Crippen LogP contribution in [-0.4, -0.2) is 100 Å². The molecule has 51 heavy (non-hydrogen) atoms. The summed E-state index contributed by atoms with van der Waals surface area (Å²) in [5, 5.41) is 5.12.